The van der Waals surface area contributed by atoms with Gasteiger partial charge in [-0.2, -0.15) is 0 Å². The molecule has 0 bridgehead atoms. The number of aryl methyl sites for hydroxylation is 1. The summed E-state index contributed by atoms with van der Waals surface area (Å²) in [6.07, 6.45) is 2.48. The topological polar surface area (TPSA) is 75.6 Å². The number of ether oxygens (including phenoxy) is 1. The second kappa shape index (κ2) is 7.20. The molecule has 0 saturated heterocycles. The lowest BCUT2D eigenvalue weighted by Gasteiger charge is -2.09. The number of likely N-dealkylation sites (N-methyl/N-ethyl adjacent to an activating group) is 1. The molecule has 0 heterocycles. The molecular weight excluding hydrogens is 246 g/mol. The van der Waals surface area contributed by atoms with Crippen LogP contribution >= 0.6 is 0 Å². The van der Waals surface area contributed by atoms with Gasteiger partial charge in [0, 0.05) is 18.2 Å². The van der Waals surface area contributed by atoms with Gasteiger partial charge in [-0.1, -0.05) is 11.6 Å². The molecule has 0 aliphatic heterocycles. The summed E-state index contributed by atoms with van der Waals surface area (Å²) in [5.41, 5.74) is 1.61. The third-order valence-corrected chi connectivity index (χ3v) is 2.30. The van der Waals surface area contributed by atoms with Crippen LogP contribution in [0, 0.1) is 6.92 Å². The van der Waals surface area contributed by atoms with Crippen LogP contribution in [0.5, 0.6) is 5.75 Å². The van der Waals surface area contributed by atoms with E-state index in [4.69, 9.17) is 9.84 Å². The second-order valence-corrected chi connectivity index (χ2v) is 3.96. The van der Waals surface area contributed by atoms with E-state index in [0.29, 0.717) is 17.9 Å². The van der Waals surface area contributed by atoms with Crippen molar-refractivity contribution in [2.75, 3.05) is 13.2 Å². The van der Waals surface area contributed by atoms with Crippen molar-refractivity contribution in [2.45, 2.75) is 13.8 Å². The first-order valence-corrected chi connectivity index (χ1v) is 5.94. The van der Waals surface area contributed by atoms with E-state index in [0.717, 1.165) is 11.6 Å². The van der Waals surface area contributed by atoms with Crippen molar-refractivity contribution in [1.29, 1.82) is 0 Å². The Kier molecular flexibility index (Phi) is 5.60. The van der Waals surface area contributed by atoms with Crippen molar-refractivity contribution < 1.29 is 19.4 Å². The first kappa shape index (κ1) is 14.8. The number of benzene rings is 1. The molecule has 0 radical (unpaired) electrons. The predicted octanol–water partition coefficient (Wildman–Crippen LogP) is 1.61. The second-order valence-electron chi connectivity index (χ2n) is 3.96. The van der Waals surface area contributed by atoms with Crippen LogP contribution in [0.25, 0.3) is 6.08 Å². The summed E-state index contributed by atoms with van der Waals surface area (Å²) in [6.45, 7) is 4.17. The average Bonchev–Trinajstić information content (AvgIpc) is 2.35. The maximum absolute atomic E-state index is 11.3. The Balaban J connectivity index is 2.81. The van der Waals surface area contributed by atoms with Crippen LogP contribution in [0.2, 0.25) is 0 Å². The molecular formula is C14H17NO4. The largest absolute Gasteiger partial charge is 0.483 e. The maximum Gasteiger partial charge on any atom is 0.328 e. The third kappa shape index (κ3) is 5.25. The molecule has 0 spiro atoms. The van der Waals surface area contributed by atoms with Crippen molar-refractivity contribution in [1.82, 2.24) is 5.32 Å². The number of carbonyl (C=O) groups is 2. The Morgan fingerprint density at radius 2 is 2.16 bits per heavy atom. The maximum atomic E-state index is 11.3. The van der Waals surface area contributed by atoms with E-state index >= 15 is 0 Å². The SMILES string of the molecule is CCNC(=O)COc1ccc(C)cc1/C=C/C(=O)O. The van der Waals surface area contributed by atoms with E-state index in [1.165, 1.54) is 6.08 Å². The fourth-order valence-corrected chi connectivity index (χ4v) is 1.48. The Morgan fingerprint density at radius 1 is 1.42 bits per heavy atom. The zero-order chi connectivity index (χ0) is 14.3. The lowest BCUT2D eigenvalue weighted by Crippen LogP contribution is -2.28. The molecule has 0 aliphatic rings. The van der Waals surface area contributed by atoms with Crippen LogP contribution in [0.1, 0.15) is 18.1 Å². The summed E-state index contributed by atoms with van der Waals surface area (Å²) in [5.74, 6) is -0.762. The van der Waals surface area contributed by atoms with Crippen LogP contribution in [0.15, 0.2) is 24.3 Å². The normalized spacial score (nSPS) is 10.4. The summed E-state index contributed by atoms with van der Waals surface area (Å²) < 4.78 is 5.38. The van der Waals surface area contributed by atoms with Crippen LogP contribution in [0.4, 0.5) is 0 Å². The number of aliphatic carboxylic acids is 1. The minimum absolute atomic E-state index is 0.0924. The minimum atomic E-state index is -1.03. The van der Waals surface area contributed by atoms with Gasteiger partial charge in [0.15, 0.2) is 6.61 Å². The van der Waals surface area contributed by atoms with Crippen molar-refractivity contribution in [3.05, 3.63) is 35.4 Å². The summed E-state index contributed by atoms with van der Waals surface area (Å²) >= 11 is 0. The van der Waals surface area contributed by atoms with E-state index in [-0.39, 0.29) is 12.5 Å². The molecule has 0 atom stereocenters. The highest BCUT2D eigenvalue weighted by Gasteiger charge is 2.05. The monoisotopic (exact) mass is 263 g/mol. The van der Waals surface area contributed by atoms with Crippen LogP contribution in [-0.4, -0.2) is 30.1 Å². The molecule has 0 fully saturated rings. The van der Waals surface area contributed by atoms with E-state index in [1.807, 2.05) is 19.9 Å². The first-order valence-electron chi connectivity index (χ1n) is 5.94. The molecule has 1 amide bonds. The Hall–Kier alpha value is -2.30. The average molecular weight is 263 g/mol. The number of hydrogen-bond acceptors (Lipinski definition) is 3. The highest BCUT2D eigenvalue weighted by atomic mass is 16.5. The lowest BCUT2D eigenvalue weighted by molar-refractivity contribution is -0.131. The third-order valence-electron chi connectivity index (χ3n) is 2.30. The van der Waals surface area contributed by atoms with Gasteiger partial charge >= 0.3 is 5.97 Å². The number of nitrogens with one attached hydrogen (secondary N) is 1. The molecule has 0 unspecified atom stereocenters. The molecule has 19 heavy (non-hydrogen) atoms. The molecule has 102 valence electrons. The zero-order valence-corrected chi connectivity index (χ0v) is 11.0. The van der Waals surface area contributed by atoms with Crippen LogP contribution < -0.4 is 10.1 Å². The zero-order valence-electron chi connectivity index (χ0n) is 11.0. The van der Waals surface area contributed by atoms with Crippen LogP contribution in [0.3, 0.4) is 0 Å². The standard InChI is InChI=1S/C14H17NO4/c1-3-15-13(16)9-19-12-6-4-10(2)8-11(12)5-7-14(17)18/h4-8H,3,9H2,1-2H3,(H,15,16)(H,17,18)/b7-5+. The van der Waals surface area contributed by atoms with Gasteiger partial charge < -0.3 is 15.2 Å². The first-order chi connectivity index (χ1) is 9.02. The summed E-state index contributed by atoms with van der Waals surface area (Å²) in [5, 5.41) is 11.3. The molecule has 0 aromatic heterocycles. The van der Waals surface area contributed by atoms with Gasteiger partial charge in [0.05, 0.1) is 0 Å². The number of hydrogen-bond donors (Lipinski definition) is 2. The van der Waals surface area contributed by atoms with E-state index < -0.39 is 5.97 Å². The van der Waals surface area contributed by atoms with Gasteiger partial charge in [0.2, 0.25) is 0 Å². The summed E-state index contributed by atoms with van der Waals surface area (Å²) in [6, 6.07) is 5.35. The molecule has 2 N–H and O–H groups in total. The van der Waals surface area contributed by atoms with Crippen molar-refractivity contribution in [2.24, 2.45) is 0 Å². The Labute approximate surface area is 111 Å². The number of amides is 1. The fraction of sp³-hybridized carbons (Fsp3) is 0.286. The quantitative estimate of drug-likeness (QED) is 0.764. The minimum Gasteiger partial charge on any atom is -0.483 e. The van der Waals surface area contributed by atoms with Crippen molar-refractivity contribution >= 4 is 18.0 Å². The van der Waals surface area contributed by atoms with E-state index in [2.05, 4.69) is 5.32 Å². The molecule has 0 aliphatic carbocycles. The predicted molar refractivity (Wildman–Crippen MR) is 72.0 cm³/mol. The smallest absolute Gasteiger partial charge is 0.328 e. The Bertz CT molecular complexity index is 494. The number of carboxylic acids is 1. The highest BCUT2D eigenvalue weighted by Crippen LogP contribution is 2.21. The van der Waals surface area contributed by atoms with Crippen molar-refractivity contribution in [3.63, 3.8) is 0 Å². The number of rotatable bonds is 6. The Morgan fingerprint density at radius 3 is 2.79 bits per heavy atom. The van der Waals surface area contributed by atoms with Gasteiger partial charge in [-0.15, -0.1) is 0 Å². The van der Waals surface area contributed by atoms with E-state index in [1.54, 1.807) is 12.1 Å². The highest BCUT2D eigenvalue weighted by molar-refractivity contribution is 5.86. The molecule has 5 nitrogen and oxygen atoms in total. The van der Waals surface area contributed by atoms with Crippen molar-refractivity contribution in [3.8, 4) is 5.75 Å². The summed E-state index contributed by atoms with van der Waals surface area (Å²) in [7, 11) is 0. The fourth-order valence-electron chi connectivity index (χ4n) is 1.48. The molecule has 0 saturated carbocycles. The van der Waals surface area contributed by atoms with Gasteiger partial charge in [-0.05, 0) is 32.1 Å². The van der Waals surface area contributed by atoms with Gasteiger partial charge in [-0.3, -0.25) is 4.79 Å². The van der Waals surface area contributed by atoms with Crippen LogP contribution in [-0.2, 0) is 9.59 Å². The summed E-state index contributed by atoms with van der Waals surface area (Å²) in [4.78, 5) is 21.8. The molecule has 1 aromatic carbocycles. The number of carbonyl (C=O) groups excluding carboxylic acids is 1. The van der Waals surface area contributed by atoms with Gasteiger partial charge in [0.25, 0.3) is 5.91 Å². The molecule has 1 rings (SSSR count). The van der Waals surface area contributed by atoms with Gasteiger partial charge in [0.1, 0.15) is 5.75 Å². The van der Waals surface area contributed by atoms with Gasteiger partial charge in [-0.25, -0.2) is 4.79 Å². The van der Waals surface area contributed by atoms with E-state index in [9.17, 15) is 9.59 Å². The lowest BCUT2D eigenvalue weighted by atomic mass is 10.1. The molecule has 1 aromatic rings. The number of carboxylic acid groups (broad SMARTS) is 1. The molecule has 5 heteroatoms.